The van der Waals surface area contributed by atoms with E-state index in [1.54, 1.807) is 0 Å². The number of carbonyl (C=O) groups excluding carboxylic acids is 1. The van der Waals surface area contributed by atoms with Gasteiger partial charge in [-0.2, -0.15) is 0 Å². The molecule has 0 aliphatic heterocycles. The fraction of sp³-hybridized carbons (Fsp3) is 0.417. The maximum Gasteiger partial charge on any atom is 0.130 e. The van der Waals surface area contributed by atoms with E-state index in [0.717, 1.165) is 42.6 Å². The van der Waals surface area contributed by atoms with Crippen molar-refractivity contribution in [2.24, 2.45) is 0 Å². The van der Waals surface area contributed by atoms with Crippen molar-refractivity contribution in [3.63, 3.8) is 0 Å². The molecule has 1 aliphatic rings. The second-order valence-corrected chi connectivity index (χ2v) is 4.37. The average Bonchev–Trinajstić information content (AvgIpc) is 2.68. The first-order chi connectivity index (χ1) is 6.78. The molecule has 1 aliphatic carbocycles. The van der Waals surface area contributed by atoms with Crippen molar-refractivity contribution in [1.29, 1.82) is 0 Å². The molecule has 1 aromatic carbocycles. The smallest absolute Gasteiger partial charge is 0.130 e. The highest BCUT2D eigenvalue weighted by Crippen LogP contribution is 2.41. The van der Waals surface area contributed by atoms with E-state index in [1.807, 2.05) is 24.3 Å². The van der Waals surface area contributed by atoms with Crippen molar-refractivity contribution in [2.75, 3.05) is 0 Å². The third-order valence-electron chi connectivity index (χ3n) is 3.13. The van der Waals surface area contributed by atoms with Crippen LogP contribution in [0.1, 0.15) is 31.2 Å². The highest BCUT2D eigenvalue weighted by atomic mass is 35.5. The van der Waals surface area contributed by atoms with Crippen molar-refractivity contribution in [3.05, 3.63) is 34.9 Å². The molecule has 2 heteroatoms. The van der Waals surface area contributed by atoms with Gasteiger partial charge in [0.05, 0.1) is 5.41 Å². The average molecular weight is 209 g/mol. The lowest BCUT2D eigenvalue weighted by atomic mass is 9.80. The minimum Gasteiger partial charge on any atom is -0.302 e. The van der Waals surface area contributed by atoms with Crippen LogP contribution in [-0.2, 0) is 10.2 Å². The lowest BCUT2D eigenvalue weighted by Crippen LogP contribution is -2.24. The molecule has 1 saturated carbocycles. The first-order valence-electron chi connectivity index (χ1n) is 5.00. The largest absolute Gasteiger partial charge is 0.302 e. The number of aldehydes is 1. The SMILES string of the molecule is O=CC1(c2ccccc2Cl)CCCC1. The van der Waals surface area contributed by atoms with Crippen molar-refractivity contribution >= 4 is 17.9 Å². The van der Waals surface area contributed by atoms with Crippen LogP contribution in [0.5, 0.6) is 0 Å². The zero-order valence-corrected chi connectivity index (χ0v) is 8.76. The minimum absolute atomic E-state index is 0.293. The van der Waals surface area contributed by atoms with E-state index in [0.29, 0.717) is 0 Å². The summed E-state index contributed by atoms with van der Waals surface area (Å²) >= 11 is 6.11. The third-order valence-corrected chi connectivity index (χ3v) is 3.46. The zero-order chi connectivity index (χ0) is 10.0. The predicted molar refractivity (Wildman–Crippen MR) is 57.7 cm³/mol. The van der Waals surface area contributed by atoms with Crippen molar-refractivity contribution in [3.8, 4) is 0 Å². The lowest BCUT2D eigenvalue weighted by molar-refractivity contribution is -0.112. The molecule has 0 amide bonds. The number of benzene rings is 1. The Kier molecular flexibility index (Phi) is 2.60. The molecule has 1 fully saturated rings. The van der Waals surface area contributed by atoms with Gasteiger partial charge in [0.1, 0.15) is 6.29 Å². The molecule has 14 heavy (non-hydrogen) atoms. The normalized spacial score (nSPS) is 19.5. The summed E-state index contributed by atoms with van der Waals surface area (Å²) in [5.41, 5.74) is 0.715. The van der Waals surface area contributed by atoms with Gasteiger partial charge in [0, 0.05) is 5.02 Å². The van der Waals surface area contributed by atoms with Crippen molar-refractivity contribution in [1.82, 2.24) is 0 Å². The highest BCUT2D eigenvalue weighted by molar-refractivity contribution is 6.31. The Hall–Kier alpha value is -0.820. The third kappa shape index (κ3) is 1.46. The zero-order valence-electron chi connectivity index (χ0n) is 8.00. The topological polar surface area (TPSA) is 17.1 Å². The summed E-state index contributed by atoms with van der Waals surface area (Å²) < 4.78 is 0. The summed E-state index contributed by atoms with van der Waals surface area (Å²) in [4.78, 5) is 11.2. The molecule has 0 radical (unpaired) electrons. The first-order valence-corrected chi connectivity index (χ1v) is 5.38. The van der Waals surface area contributed by atoms with Gasteiger partial charge in [-0.1, -0.05) is 42.6 Å². The van der Waals surface area contributed by atoms with Crippen LogP contribution in [0.15, 0.2) is 24.3 Å². The van der Waals surface area contributed by atoms with Crippen LogP contribution in [-0.4, -0.2) is 6.29 Å². The van der Waals surface area contributed by atoms with E-state index in [4.69, 9.17) is 11.6 Å². The van der Waals surface area contributed by atoms with E-state index in [2.05, 4.69) is 0 Å². The maximum atomic E-state index is 11.2. The number of hydrogen-bond donors (Lipinski definition) is 0. The van der Waals surface area contributed by atoms with Crippen molar-refractivity contribution in [2.45, 2.75) is 31.1 Å². The van der Waals surface area contributed by atoms with Gasteiger partial charge < -0.3 is 4.79 Å². The van der Waals surface area contributed by atoms with Crippen LogP contribution in [0.4, 0.5) is 0 Å². The summed E-state index contributed by atoms with van der Waals surface area (Å²) in [5, 5.41) is 0.724. The van der Waals surface area contributed by atoms with Gasteiger partial charge in [-0.3, -0.25) is 0 Å². The van der Waals surface area contributed by atoms with E-state index < -0.39 is 0 Å². The van der Waals surface area contributed by atoms with Crippen LogP contribution in [0, 0.1) is 0 Å². The van der Waals surface area contributed by atoms with Crippen LogP contribution >= 0.6 is 11.6 Å². The second kappa shape index (κ2) is 3.74. The Bertz CT molecular complexity index is 340. The Morgan fingerprint density at radius 3 is 2.43 bits per heavy atom. The molecule has 0 saturated heterocycles. The molecule has 0 N–H and O–H groups in total. The van der Waals surface area contributed by atoms with E-state index in [1.165, 1.54) is 0 Å². The summed E-state index contributed by atoms with van der Waals surface area (Å²) in [6.07, 6.45) is 5.23. The summed E-state index contributed by atoms with van der Waals surface area (Å²) in [6.45, 7) is 0. The summed E-state index contributed by atoms with van der Waals surface area (Å²) in [7, 11) is 0. The molecule has 0 atom stereocenters. The van der Waals surface area contributed by atoms with Crippen LogP contribution in [0.25, 0.3) is 0 Å². The number of halogens is 1. The Labute approximate surface area is 89.1 Å². The van der Waals surface area contributed by atoms with Crippen LogP contribution in [0.2, 0.25) is 5.02 Å². The standard InChI is InChI=1S/C12H13ClO/c13-11-6-2-1-5-10(11)12(9-14)7-3-4-8-12/h1-2,5-6,9H,3-4,7-8H2. The fourth-order valence-corrected chi connectivity index (χ4v) is 2.65. The highest BCUT2D eigenvalue weighted by Gasteiger charge is 2.36. The van der Waals surface area contributed by atoms with Crippen LogP contribution < -0.4 is 0 Å². The molecule has 0 unspecified atom stereocenters. The molecule has 1 nitrogen and oxygen atoms in total. The van der Waals surface area contributed by atoms with Gasteiger partial charge in [-0.05, 0) is 24.5 Å². The predicted octanol–water partition coefficient (Wildman–Crippen LogP) is 3.35. The number of rotatable bonds is 2. The van der Waals surface area contributed by atoms with E-state index >= 15 is 0 Å². The molecule has 0 aromatic heterocycles. The lowest BCUT2D eigenvalue weighted by Gasteiger charge is -2.23. The molecule has 0 bridgehead atoms. The number of hydrogen-bond acceptors (Lipinski definition) is 1. The molecule has 0 spiro atoms. The second-order valence-electron chi connectivity index (χ2n) is 3.96. The molecular formula is C12H13ClO. The maximum absolute atomic E-state index is 11.2. The first kappa shape index (κ1) is 9.72. The Balaban J connectivity index is 2.46. The minimum atomic E-state index is -0.293. The summed E-state index contributed by atoms with van der Waals surface area (Å²) in [6, 6.07) is 7.69. The monoisotopic (exact) mass is 208 g/mol. The van der Waals surface area contributed by atoms with E-state index in [9.17, 15) is 4.79 Å². The van der Waals surface area contributed by atoms with Gasteiger partial charge in [0.15, 0.2) is 0 Å². The Morgan fingerprint density at radius 1 is 1.21 bits per heavy atom. The van der Waals surface area contributed by atoms with Gasteiger partial charge in [-0.15, -0.1) is 0 Å². The quantitative estimate of drug-likeness (QED) is 0.682. The fourth-order valence-electron chi connectivity index (χ4n) is 2.32. The molecule has 74 valence electrons. The molecule has 0 heterocycles. The van der Waals surface area contributed by atoms with Crippen LogP contribution in [0.3, 0.4) is 0 Å². The van der Waals surface area contributed by atoms with Gasteiger partial charge >= 0.3 is 0 Å². The molecular weight excluding hydrogens is 196 g/mol. The van der Waals surface area contributed by atoms with Gasteiger partial charge in [0.2, 0.25) is 0 Å². The van der Waals surface area contributed by atoms with E-state index in [-0.39, 0.29) is 5.41 Å². The Morgan fingerprint density at radius 2 is 1.86 bits per heavy atom. The summed E-state index contributed by atoms with van der Waals surface area (Å²) in [5.74, 6) is 0. The molecule has 1 aromatic rings. The van der Waals surface area contributed by atoms with Crippen molar-refractivity contribution < 1.29 is 4.79 Å². The van der Waals surface area contributed by atoms with Gasteiger partial charge in [0.25, 0.3) is 0 Å². The number of carbonyl (C=O) groups is 1. The molecule has 2 rings (SSSR count). The van der Waals surface area contributed by atoms with Gasteiger partial charge in [-0.25, -0.2) is 0 Å².